The average molecular weight is 204 g/mol. The van der Waals surface area contributed by atoms with Crippen LogP contribution in [0.4, 0.5) is 0 Å². The molecule has 0 aromatic rings. The quantitative estimate of drug-likeness (QED) is 0.319. The molecule has 0 bridgehead atoms. The standard InChI is InChI=1S/C9H20O3Si/c1-8(5-12-13)3-2-4-10-6-9-7-11-9/h8-9H,2-7H2,1,13H3. The summed E-state index contributed by atoms with van der Waals surface area (Å²) in [5, 5.41) is 0. The lowest BCUT2D eigenvalue weighted by Crippen LogP contribution is -2.07. The summed E-state index contributed by atoms with van der Waals surface area (Å²) >= 11 is 0. The van der Waals surface area contributed by atoms with Crippen molar-refractivity contribution in [1.29, 1.82) is 0 Å². The highest BCUT2D eigenvalue weighted by molar-refractivity contribution is 5.97. The van der Waals surface area contributed by atoms with Crippen molar-refractivity contribution in [2.45, 2.75) is 25.9 Å². The van der Waals surface area contributed by atoms with Crippen LogP contribution in [0.3, 0.4) is 0 Å². The lowest BCUT2D eigenvalue weighted by Gasteiger charge is -2.09. The van der Waals surface area contributed by atoms with Crippen LogP contribution < -0.4 is 0 Å². The van der Waals surface area contributed by atoms with Gasteiger partial charge >= 0.3 is 0 Å². The van der Waals surface area contributed by atoms with Gasteiger partial charge in [0.2, 0.25) is 0 Å². The van der Waals surface area contributed by atoms with Gasteiger partial charge in [-0.05, 0) is 18.8 Å². The number of hydrogen-bond acceptors (Lipinski definition) is 3. The van der Waals surface area contributed by atoms with Crippen LogP contribution in [-0.4, -0.2) is 43.0 Å². The van der Waals surface area contributed by atoms with Crippen LogP contribution in [-0.2, 0) is 13.9 Å². The van der Waals surface area contributed by atoms with E-state index in [0.29, 0.717) is 12.0 Å². The highest BCUT2D eigenvalue weighted by Gasteiger charge is 2.21. The van der Waals surface area contributed by atoms with Gasteiger partial charge < -0.3 is 13.9 Å². The van der Waals surface area contributed by atoms with E-state index < -0.39 is 0 Å². The van der Waals surface area contributed by atoms with Crippen molar-refractivity contribution < 1.29 is 13.9 Å². The topological polar surface area (TPSA) is 31.0 Å². The Kier molecular flexibility index (Phi) is 5.62. The molecule has 2 atom stereocenters. The molecule has 0 N–H and O–H groups in total. The summed E-state index contributed by atoms with van der Waals surface area (Å²) in [6.45, 7) is 5.68. The van der Waals surface area contributed by atoms with E-state index >= 15 is 0 Å². The zero-order chi connectivity index (χ0) is 9.52. The lowest BCUT2D eigenvalue weighted by atomic mass is 10.1. The molecule has 78 valence electrons. The minimum Gasteiger partial charge on any atom is -0.428 e. The van der Waals surface area contributed by atoms with E-state index in [1.807, 2.05) is 0 Å². The molecule has 0 saturated carbocycles. The monoisotopic (exact) mass is 204 g/mol. The summed E-state index contributed by atoms with van der Waals surface area (Å²) in [5.41, 5.74) is 0. The second kappa shape index (κ2) is 6.54. The van der Waals surface area contributed by atoms with E-state index in [0.717, 1.165) is 43.3 Å². The molecule has 13 heavy (non-hydrogen) atoms. The van der Waals surface area contributed by atoms with Crippen molar-refractivity contribution in [2.24, 2.45) is 5.92 Å². The summed E-state index contributed by atoms with van der Waals surface area (Å²) in [7, 11) is 0.855. The fourth-order valence-electron chi connectivity index (χ4n) is 1.28. The van der Waals surface area contributed by atoms with Crippen molar-refractivity contribution in [2.75, 3.05) is 26.4 Å². The molecule has 1 heterocycles. The Bertz CT molecular complexity index is 128. The van der Waals surface area contributed by atoms with Crippen LogP contribution >= 0.6 is 0 Å². The Labute approximate surface area is 83.3 Å². The van der Waals surface area contributed by atoms with Crippen molar-refractivity contribution in [3.8, 4) is 0 Å². The second-order valence-corrected chi connectivity index (χ2v) is 4.31. The summed E-state index contributed by atoms with van der Waals surface area (Å²) in [6.07, 6.45) is 2.74. The SMILES string of the molecule is CC(CCCOCC1CO1)CO[SiH3]. The number of epoxide rings is 1. The zero-order valence-electron chi connectivity index (χ0n) is 8.62. The summed E-state index contributed by atoms with van der Waals surface area (Å²) < 4.78 is 15.7. The van der Waals surface area contributed by atoms with Gasteiger partial charge in [0, 0.05) is 13.2 Å². The van der Waals surface area contributed by atoms with E-state index in [9.17, 15) is 0 Å². The molecule has 0 aromatic heterocycles. The van der Waals surface area contributed by atoms with Crippen LogP contribution in [0.5, 0.6) is 0 Å². The van der Waals surface area contributed by atoms with Crippen molar-refractivity contribution in [1.82, 2.24) is 0 Å². The molecule has 1 fully saturated rings. The molecule has 1 saturated heterocycles. The third kappa shape index (κ3) is 6.21. The van der Waals surface area contributed by atoms with E-state index in [1.54, 1.807) is 0 Å². The fourth-order valence-corrected chi connectivity index (χ4v) is 1.85. The first-order valence-electron chi connectivity index (χ1n) is 5.01. The minimum absolute atomic E-state index is 0.405. The summed E-state index contributed by atoms with van der Waals surface area (Å²) in [6, 6.07) is 0. The van der Waals surface area contributed by atoms with Gasteiger partial charge in [0.15, 0.2) is 0 Å². The maximum absolute atomic E-state index is 5.43. The highest BCUT2D eigenvalue weighted by atomic mass is 28.2. The molecule has 0 aliphatic carbocycles. The van der Waals surface area contributed by atoms with Gasteiger partial charge in [-0.15, -0.1) is 0 Å². The van der Waals surface area contributed by atoms with Gasteiger partial charge in [-0.1, -0.05) is 6.92 Å². The molecule has 1 aliphatic heterocycles. The van der Waals surface area contributed by atoms with E-state index in [1.165, 1.54) is 6.42 Å². The van der Waals surface area contributed by atoms with Crippen molar-refractivity contribution >= 4 is 10.5 Å². The molecular weight excluding hydrogens is 184 g/mol. The minimum atomic E-state index is 0.405. The maximum atomic E-state index is 5.43. The third-order valence-electron chi connectivity index (χ3n) is 2.14. The molecule has 0 spiro atoms. The van der Waals surface area contributed by atoms with Crippen LogP contribution in [0.1, 0.15) is 19.8 Å². The first-order valence-corrected chi connectivity index (χ1v) is 5.83. The molecule has 0 radical (unpaired) electrons. The van der Waals surface area contributed by atoms with E-state index in [-0.39, 0.29) is 0 Å². The Balaban J connectivity index is 1.76. The summed E-state index contributed by atoms with van der Waals surface area (Å²) in [4.78, 5) is 0. The largest absolute Gasteiger partial charge is 0.428 e. The van der Waals surface area contributed by atoms with Crippen molar-refractivity contribution in [3.63, 3.8) is 0 Å². The Hall–Kier alpha value is 0.0969. The maximum Gasteiger partial charge on any atom is 0.145 e. The molecule has 4 heteroatoms. The third-order valence-corrected chi connectivity index (χ3v) is 2.48. The Morgan fingerprint density at radius 1 is 1.62 bits per heavy atom. The zero-order valence-corrected chi connectivity index (χ0v) is 10.6. The predicted molar refractivity (Wildman–Crippen MR) is 54.8 cm³/mol. The van der Waals surface area contributed by atoms with Gasteiger partial charge in [0.25, 0.3) is 0 Å². The molecule has 0 aromatic carbocycles. The first-order chi connectivity index (χ1) is 6.33. The van der Waals surface area contributed by atoms with Crippen LogP contribution in [0.15, 0.2) is 0 Å². The molecule has 1 rings (SSSR count). The smallest absolute Gasteiger partial charge is 0.145 e. The molecule has 1 aliphatic rings. The lowest BCUT2D eigenvalue weighted by molar-refractivity contribution is 0.108. The van der Waals surface area contributed by atoms with Crippen molar-refractivity contribution in [3.05, 3.63) is 0 Å². The molecule has 2 unspecified atom stereocenters. The molecule has 3 nitrogen and oxygen atoms in total. The second-order valence-electron chi connectivity index (χ2n) is 3.73. The average Bonchev–Trinajstić information content (AvgIpc) is 2.88. The predicted octanol–water partition coefficient (Wildman–Crippen LogP) is 0.115. The van der Waals surface area contributed by atoms with E-state index in [2.05, 4.69) is 6.92 Å². The molecule has 0 amide bonds. The summed E-state index contributed by atoms with van der Waals surface area (Å²) in [5.74, 6) is 0.679. The van der Waals surface area contributed by atoms with E-state index in [4.69, 9.17) is 13.9 Å². The van der Waals surface area contributed by atoms with Gasteiger partial charge in [0.1, 0.15) is 16.6 Å². The number of ether oxygens (including phenoxy) is 2. The van der Waals surface area contributed by atoms with Gasteiger partial charge in [-0.25, -0.2) is 0 Å². The van der Waals surface area contributed by atoms with Gasteiger partial charge in [-0.2, -0.15) is 0 Å². The van der Waals surface area contributed by atoms with Crippen LogP contribution in [0.25, 0.3) is 0 Å². The van der Waals surface area contributed by atoms with Crippen LogP contribution in [0, 0.1) is 5.92 Å². The Morgan fingerprint density at radius 2 is 2.38 bits per heavy atom. The molecular formula is C9H20O3Si. The highest BCUT2D eigenvalue weighted by Crippen LogP contribution is 2.10. The number of rotatable bonds is 8. The van der Waals surface area contributed by atoms with Crippen LogP contribution in [0.2, 0.25) is 0 Å². The fraction of sp³-hybridized carbons (Fsp3) is 1.00. The number of hydrogen-bond donors (Lipinski definition) is 0. The Morgan fingerprint density at radius 3 is 3.00 bits per heavy atom. The normalized spacial score (nSPS) is 23.3. The first kappa shape index (κ1) is 11.2. The van der Waals surface area contributed by atoms with Gasteiger partial charge in [-0.3, -0.25) is 0 Å². The van der Waals surface area contributed by atoms with Gasteiger partial charge in [0.05, 0.1) is 13.2 Å².